The average molecular weight is 340 g/mol. The Morgan fingerprint density at radius 2 is 2.07 bits per heavy atom. The van der Waals surface area contributed by atoms with Crippen LogP contribution >= 0.6 is 22.6 Å². The molecule has 2 atom stereocenters. The fourth-order valence-corrected chi connectivity index (χ4v) is 1.65. The lowest BCUT2D eigenvalue weighted by molar-refractivity contribution is -0.149. The van der Waals surface area contributed by atoms with Crippen molar-refractivity contribution in [3.05, 3.63) is 0 Å². The first-order valence-corrected chi connectivity index (χ1v) is 5.65. The first-order valence-electron chi connectivity index (χ1n) is 4.13. The van der Waals surface area contributed by atoms with Crippen LogP contribution in [0.2, 0.25) is 0 Å². The Morgan fingerprint density at radius 3 is 2.40 bits per heavy atom. The van der Waals surface area contributed by atoms with Gasteiger partial charge in [0.2, 0.25) is 0 Å². The van der Waals surface area contributed by atoms with Gasteiger partial charge in [-0.2, -0.15) is 13.2 Å². The first-order chi connectivity index (χ1) is 6.77. The highest BCUT2D eigenvalue weighted by Crippen LogP contribution is 2.21. The molecule has 3 N–H and O–H groups in total. The summed E-state index contributed by atoms with van der Waals surface area (Å²) in [5.41, 5.74) is 0. The summed E-state index contributed by atoms with van der Waals surface area (Å²) in [5.74, 6) is 0. The van der Waals surface area contributed by atoms with Crippen LogP contribution in [0.4, 0.5) is 18.0 Å². The molecule has 0 aromatic rings. The van der Waals surface area contributed by atoms with E-state index in [0.29, 0.717) is 0 Å². The third-order valence-electron chi connectivity index (χ3n) is 1.59. The Hall–Kier alpha value is -0.250. The molecule has 0 radical (unpaired) electrons. The Bertz CT molecular complexity index is 213. The molecule has 0 fully saturated rings. The quantitative estimate of drug-likeness (QED) is 0.526. The van der Waals surface area contributed by atoms with Gasteiger partial charge in [-0.3, -0.25) is 0 Å². The van der Waals surface area contributed by atoms with Crippen molar-refractivity contribution < 1.29 is 23.1 Å². The van der Waals surface area contributed by atoms with Crippen LogP contribution < -0.4 is 10.6 Å². The molecule has 90 valence electrons. The van der Waals surface area contributed by atoms with Crippen LogP contribution in [0.5, 0.6) is 0 Å². The zero-order valence-electron chi connectivity index (χ0n) is 7.94. The predicted molar refractivity (Wildman–Crippen MR) is 57.4 cm³/mol. The summed E-state index contributed by atoms with van der Waals surface area (Å²) in [5, 5.41) is 12.6. The van der Waals surface area contributed by atoms with Gasteiger partial charge in [0, 0.05) is 17.0 Å². The van der Waals surface area contributed by atoms with E-state index in [1.165, 1.54) is 6.92 Å². The minimum atomic E-state index is -4.30. The van der Waals surface area contributed by atoms with Crippen LogP contribution in [0.25, 0.3) is 0 Å². The molecule has 1 amide bonds. The molecule has 0 aromatic heterocycles. The maximum atomic E-state index is 12.2. The van der Waals surface area contributed by atoms with Crippen molar-refractivity contribution in [3.63, 3.8) is 0 Å². The number of carbonyl (C=O) groups is 1. The maximum absolute atomic E-state index is 12.2. The second-order valence-corrected chi connectivity index (χ2v) is 3.89. The van der Waals surface area contributed by atoms with E-state index in [2.05, 4.69) is 10.6 Å². The minimum Gasteiger partial charge on any atom is -0.465 e. The van der Waals surface area contributed by atoms with Gasteiger partial charge in [0.1, 0.15) is 6.04 Å². The van der Waals surface area contributed by atoms with Crippen LogP contribution in [0.1, 0.15) is 6.92 Å². The van der Waals surface area contributed by atoms with Gasteiger partial charge in [-0.15, -0.1) is 0 Å². The summed E-state index contributed by atoms with van der Waals surface area (Å²) < 4.78 is 36.6. The van der Waals surface area contributed by atoms with Crippen molar-refractivity contribution in [2.45, 2.75) is 25.2 Å². The Labute approximate surface area is 98.7 Å². The topological polar surface area (TPSA) is 61.4 Å². The van der Waals surface area contributed by atoms with Gasteiger partial charge < -0.3 is 15.7 Å². The molecule has 1 unspecified atom stereocenters. The normalized spacial score (nSPS) is 15.8. The molecule has 15 heavy (non-hydrogen) atoms. The van der Waals surface area contributed by atoms with Crippen LogP contribution in [0.15, 0.2) is 0 Å². The number of hydrogen-bond acceptors (Lipinski definition) is 2. The van der Waals surface area contributed by atoms with Gasteiger partial charge in [-0.1, -0.05) is 22.6 Å². The molecule has 4 nitrogen and oxygen atoms in total. The molecule has 0 spiro atoms. The van der Waals surface area contributed by atoms with Crippen LogP contribution in [-0.4, -0.2) is 40.4 Å². The highest BCUT2D eigenvalue weighted by Gasteiger charge is 2.38. The summed E-state index contributed by atoms with van der Waals surface area (Å²) in [6, 6.07) is -2.16. The second kappa shape index (κ2) is 6.36. The van der Waals surface area contributed by atoms with Crippen molar-refractivity contribution in [2.24, 2.45) is 0 Å². The number of hydrogen-bond donors (Lipinski definition) is 3. The van der Waals surface area contributed by atoms with E-state index >= 15 is 0 Å². The van der Waals surface area contributed by atoms with Gasteiger partial charge in [0.05, 0.1) is 0 Å². The Kier molecular flexibility index (Phi) is 6.25. The first kappa shape index (κ1) is 14.8. The molecule has 0 aliphatic carbocycles. The molecule has 0 rings (SSSR count). The van der Waals surface area contributed by atoms with Gasteiger partial charge in [0.15, 0.2) is 0 Å². The van der Waals surface area contributed by atoms with E-state index in [4.69, 9.17) is 5.11 Å². The average Bonchev–Trinajstić information content (AvgIpc) is 2.01. The van der Waals surface area contributed by atoms with E-state index in [-0.39, 0.29) is 11.0 Å². The van der Waals surface area contributed by atoms with Crippen molar-refractivity contribution in [3.8, 4) is 0 Å². The van der Waals surface area contributed by atoms with Crippen molar-refractivity contribution in [1.82, 2.24) is 10.6 Å². The SMILES string of the molecule is C[C@@H](CNC(CI)C(F)(F)F)NC(=O)O. The van der Waals surface area contributed by atoms with Gasteiger partial charge in [0.25, 0.3) is 0 Å². The van der Waals surface area contributed by atoms with Crippen LogP contribution in [0.3, 0.4) is 0 Å². The number of halogens is 4. The molecule has 0 aromatic carbocycles. The van der Waals surface area contributed by atoms with E-state index in [1.807, 2.05) is 0 Å². The molecule has 0 bridgehead atoms. The van der Waals surface area contributed by atoms with Crippen molar-refractivity contribution in [1.29, 1.82) is 0 Å². The summed E-state index contributed by atoms with van der Waals surface area (Å²) in [6.45, 7) is 1.43. The molecule has 0 aliphatic heterocycles. The maximum Gasteiger partial charge on any atom is 0.404 e. The van der Waals surface area contributed by atoms with Crippen LogP contribution in [0, 0.1) is 0 Å². The van der Waals surface area contributed by atoms with Crippen molar-refractivity contribution >= 4 is 28.7 Å². The molecule has 0 heterocycles. The van der Waals surface area contributed by atoms with Crippen LogP contribution in [-0.2, 0) is 0 Å². The highest BCUT2D eigenvalue weighted by atomic mass is 127. The molecule has 0 saturated heterocycles. The summed E-state index contributed by atoms with van der Waals surface area (Å²) in [4.78, 5) is 10.2. The highest BCUT2D eigenvalue weighted by molar-refractivity contribution is 14.1. The Balaban J connectivity index is 3.96. The smallest absolute Gasteiger partial charge is 0.404 e. The minimum absolute atomic E-state index is 0.0561. The largest absolute Gasteiger partial charge is 0.465 e. The van der Waals surface area contributed by atoms with Gasteiger partial charge in [-0.05, 0) is 6.92 Å². The molecule has 8 heteroatoms. The van der Waals surface area contributed by atoms with E-state index in [0.717, 1.165) is 0 Å². The van der Waals surface area contributed by atoms with E-state index < -0.39 is 24.4 Å². The number of rotatable bonds is 5. The molecular formula is C7H12F3IN2O2. The molecule has 0 saturated carbocycles. The summed E-state index contributed by atoms with van der Waals surface area (Å²) in [7, 11) is 0. The lowest BCUT2D eigenvalue weighted by Gasteiger charge is -2.21. The third kappa shape index (κ3) is 6.77. The fourth-order valence-electron chi connectivity index (χ4n) is 0.839. The lowest BCUT2D eigenvalue weighted by Crippen LogP contribution is -2.49. The lowest BCUT2D eigenvalue weighted by atomic mass is 10.3. The Morgan fingerprint density at radius 1 is 1.53 bits per heavy atom. The zero-order chi connectivity index (χ0) is 12.1. The van der Waals surface area contributed by atoms with E-state index in [1.54, 1.807) is 22.6 Å². The summed E-state index contributed by atoms with van der Waals surface area (Å²) >= 11 is 1.63. The standard InChI is InChI=1S/C7H12F3IN2O2/c1-4(13-6(14)15)3-12-5(2-11)7(8,9)10/h4-5,12-13H,2-3H2,1H3,(H,14,15)/t4-,5?/m0/s1. The monoisotopic (exact) mass is 340 g/mol. The third-order valence-corrected chi connectivity index (χ3v) is 2.47. The van der Waals surface area contributed by atoms with Crippen molar-refractivity contribution in [2.75, 3.05) is 11.0 Å². The summed E-state index contributed by atoms with van der Waals surface area (Å²) in [6.07, 6.45) is -5.55. The number of carboxylic acid groups (broad SMARTS) is 1. The molecular weight excluding hydrogens is 328 g/mol. The van der Waals surface area contributed by atoms with E-state index in [9.17, 15) is 18.0 Å². The van der Waals surface area contributed by atoms with Gasteiger partial charge >= 0.3 is 12.3 Å². The fraction of sp³-hybridized carbons (Fsp3) is 0.857. The predicted octanol–water partition coefficient (Wildman–Crippen LogP) is 1.60. The number of nitrogens with one attached hydrogen (secondary N) is 2. The van der Waals surface area contributed by atoms with Gasteiger partial charge in [-0.25, -0.2) is 4.79 Å². The second-order valence-electron chi connectivity index (χ2n) is 3.01. The number of amides is 1. The number of alkyl halides is 4. The zero-order valence-corrected chi connectivity index (χ0v) is 10.1. The molecule has 0 aliphatic rings.